The maximum Gasteiger partial charge on any atom is 0.266 e. The lowest BCUT2D eigenvalue weighted by molar-refractivity contribution is 0.102. The van der Waals surface area contributed by atoms with Gasteiger partial charge in [0.1, 0.15) is 5.75 Å². The summed E-state index contributed by atoms with van der Waals surface area (Å²) < 4.78 is 5.63. The number of benzene rings is 3. The van der Waals surface area contributed by atoms with Crippen molar-refractivity contribution in [2.75, 3.05) is 29.6 Å². The standard InChI is InChI=1S/C22H20ClN3O2S/c1-26(2)19-11-9-18(10-12-19)25-22(29)28-20-13-3-15(4-14-20)21(27)24-17-7-5-16(23)6-8-17/h3-14H,1-2H3,(H,24,27)(H,25,29). The minimum Gasteiger partial charge on any atom is -0.432 e. The van der Waals surface area contributed by atoms with Gasteiger partial charge in [-0.25, -0.2) is 0 Å². The molecule has 3 aromatic rings. The first-order chi connectivity index (χ1) is 13.9. The van der Waals surface area contributed by atoms with Crippen LogP contribution in [0.4, 0.5) is 17.1 Å². The van der Waals surface area contributed by atoms with E-state index < -0.39 is 0 Å². The van der Waals surface area contributed by atoms with Gasteiger partial charge in [-0.1, -0.05) is 11.6 Å². The molecule has 7 heteroatoms. The van der Waals surface area contributed by atoms with Crippen molar-refractivity contribution in [3.63, 3.8) is 0 Å². The lowest BCUT2D eigenvalue weighted by Crippen LogP contribution is -2.17. The first-order valence-corrected chi connectivity index (χ1v) is 9.62. The molecule has 0 fully saturated rings. The number of ether oxygens (including phenoxy) is 1. The molecular weight excluding hydrogens is 406 g/mol. The van der Waals surface area contributed by atoms with Crippen molar-refractivity contribution >= 4 is 52.0 Å². The second kappa shape index (κ2) is 9.41. The predicted octanol–water partition coefficient (Wildman–Crippen LogP) is 5.43. The molecule has 29 heavy (non-hydrogen) atoms. The number of thiocarbonyl (C=S) groups is 1. The van der Waals surface area contributed by atoms with Gasteiger partial charge in [-0.2, -0.15) is 0 Å². The molecule has 1 amide bonds. The summed E-state index contributed by atoms with van der Waals surface area (Å²) in [5.74, 6) is 0.316. The van der Waals surface area contributed by atoms with Gasteiger partial charge in [-0.3, -0.25) is 4.79 Å². The number of carbonyl (C=O) groups is 1. The van der Waals surface area contributed by atoms with Crippen molar-refractivity contribution in [3.8, 4) is 5.75 Å². The average Bonchev–Trinajstić information content (AvgIpc) is 2.70. The van der Waals surface area contributed by atoms with Gasteiger partial charge >= 0.3 is 0 Å². The molecule has 0 aliphatic rings. The maximum absolute atomic E-state index is 12.3. The Morgan fingerprint density at radius 1 is 0.862 bits per heavy atom. The van der Waals surface area contributed by atoms with Gasteiger partial charge in [-0.15, -0.1) is 0 Å². The van der Waals surface area contributed by atoms with Crippen LogP contribution in [0.5, 0.6) is 5.75 Å². The Morgan fingerprint density at radius 3 is 2.00 bits per heavy atom. The van der Waals surface area contributed by atoms with Crippen LogP contribution in [0.25, 0.3) is 0 Å². The van der Waals surface area contributed by atoms with Gasteiger partial charge in [0.25, 0.3) is 11.1 Å². The van der Waals surface area contributed by atoms with Crippen LogP contribution in [0, 0.1) is 0 Å². The fourth-order valence-electron chi connectivity index (χ4n) is 2.50. The number of anilines is 3. The quantitative estimate of drug-likeness (QED) is 0.533. The summed E-state index contributed by atoms with van der Waals surface area (Å²) in [5.41, 5.74) is 3.10. The smallest absolute Gasteiger partial charge is 0.266 e. The van der Waals surface area contributed by atoms with E-state index in [4.69, 9.17) is 28.6 Å². The zero-order valence-corrected chi connectivity index (χ0v) is 17.6. The van der Waals surface area contributed by atoms with E-state index in [-0.39, 0.29) is 11.1 Å². The third-order valence-electron chi connectivity index (χ3n) is 4.06. The molecule has 0 spiro atoms. The highest BCUT2D eigenvalue weighted by molar-refractivity contribution is 7.80. The normalized spacial score (nSPS) is 10.2. The van der Waals surface area contributed by atoms with E-state index in [0.29, 0.717) is 22.0 Å². The molecule has 0 saturated heterocycles. The van der Waals surface area contributed by atoms with Crippen LogP contribution in [-0.2, 0) is 0 Å². The van der Waals surface area contributed by atoms with E-state index in [1.807, 2.05) is 43.3 Å². The number of halogens is 1. The largest absolute Gasteiger partial charge is 0.432 e. The van der Waals surface area contributed by atoms with Crippen molar-refractivity contribution in [2.45, 2.75) is 0 Å². The van der Waals surface area contributed by atoms with Crippen molar-refractivity contribution < 1.29 is 9.53 Å². The van der Waals surface area contributed by atoms with E-state index in [2.05, 4.69) is 10.6 Å². The van der Waals surface area contributed by atoms with Gasteiger partial charge < -0.3 is 20.3 Å². The summed E-state index contributed by atoms with van der Waals surface area (Å²) in [6, 6.07) is 21.5. The first-order valence-electron chi connectivity index (χ1n) is 8.84. The minimum atomic E-state index is -0.222. The summed E-state index contributed by atoms with van der Waals surface area (Å²) in [5, 5.41) is 6.68. The molecule has 0 bridgehead atoms. The summed E-state index contributed by atoms with van der Waals surface area (Å²) in [6.45, 7) is 0. The van der Waals surface area contributed by atoms with Gasteiger partial charge in [0.15, 0.2) is 0 Å². The molecule has 0 unspecified atom stereocenters. The molecule has 148 valence electrons. The zero-order chi connectivity index (χ0) is 20.8. The first kappa shape index (κ1) is 20.6. The fraction of sp³-hybridized carbons (Fsp3) is 0.0909. The van der Waals surface area contributed by atoms with Crippen molar-refractivity contribution in [1.82, 2.24) is 0 Å². The topological polar surface area (TPSA) is 53.6 Å². The number of rotatable bonds is 5. The van der Waals surface area contributed by atoms with E-state index >= 15 is 0 Å². The number of amides is 1. The molecule has 0 atom stereocenters. The van der Waals surface area contributed by atoms with Gasteiger partial charge in [0.05, 0.1) is 0 Å². The van der Waals surface area contributed by atoms with Crippen molar-refractivity contribution in [3.05, 3.63) is 83.4 Å². The molecule has 2 N–H and O–H groups in total. The van der Waals surface area contributed by atoms with Crippen LogP contribution in [-0.4, -0.2) is 25.2 Å². The molecular formula is C22H20ClN3O2S. The number of hydrogen-bond acceptors (Lipinski definition) is 4. The van der Waals surface area contributed by atoms with Crippen molar-refractivity contribution in [1.29, 1.82) is 0 Å². The molecule has 0 saturated carbocycles. The molecule has 0 radical (unpaired) electrons. The lowest BCUT2D eigenvalue weighted by Gasteiger charge is -2.14. The molecule has 0 aliphatic carbocycles. The second-order valence-corrected chi connectivity index (χ2v) is 7.25. The third kappa shape index (κ3) is 5.94. The summed E-state index contributed by atoms with van der Waals surface area (Å²) in [6.07, 6.45) is 0. The Balaban J connectivity index is 1.56. The highest BCUT2D eigenvalue weighted by atomic mass is 35.5. The SMILES string of the molecule is CN(C)c1ccc(NC(=S)Oc2ccc(C(=O)Nc3ccc(Cl)cc3)cc2)cc1. The van der Waals surface area contributed by atoms with Crippen LogP contribution in [0.15, 0.2) is 72.8 Å². The summed E-state index contributed by atoms with van der Waals surface area (Å²) in [4.78, 5) is 14.3. The average molecular weight is 426 g/mol. The van der Waals surface area contributed by atoms with Crippen LogP contribution in [0.3, 0.4) is 0 Å². The molecule has 0 aliphatic heterocycles. The van der Waals surface area contributed by atoms with Crippen LogP contribution in [0.2, 0.25) is 5.02 Å². The number of carbonyl (C=O) groups excluding carboxylic acids is 1. The predicted molar refractivity (Wildman–Crippen MR) is 123 cm³/mol. The Bertz CT molecular complexity index is 988. The van der Waals surface area contributed by atoms with Gasteiger partial charge in [0.2, 0.25) is 0 Å². The third-order valence-corrected chi connectivity index (χ3v) is 4.50. The molecule has 3 rings (SSSR count). The molecule has 3 aromatic carbocycles. The minimum absolute atomic E-state index is 0.222. The Morgan fingerprint density at radius 2 is 1.41 bits per heavy atom. The summed E-state index contributed by atoms with van der Waals surface area (Å²) in [7, 11) is 3.96. The Hall–Kier alpha value is -3.09. The Labute approximate surface area is 180 Å². The van der Waals surface area contributed by atoms with Crippen LogP contribution < -0.4 is 20.3 Å². The number of nitrogens with zero attached hydrogens (tertiary/aromatic N) is 1. The maximum atomic E-state index is 12.3. The van der Waals surface area contributed by atoms with E-state index in [1.165, 1.54) is 0 Å². The van der Waals surface area contributed by atoms with E-state index in [0.717, 1.165) is 11.4 Å². The second-order valence-electron chi connectivity index (χ2n) is 6.44. The number of hydrogen-bond donors (Lipinski definition) is 2. The van der Waals surface area contributed by atoms with Crippen LogP contribution in [0.1, 0.15) is 10.4 Å². The van der Waals surface area contributed by atoms with E-state index in [1.54, 1.807) is 48.5 Å². The highest BCUT2D eigenvalue weighted by Gasteiger charge is 2.08. The monoisotopic (exact) mass is 425 g/mol. The van der Waals surface area contributed by atoms with E-state index in [9.17, 15) is 4.79 Å². The zero-order valence-electron chi connectivity index (χ0n) is 16.0. The van der Waals surface area contributed by atoms with Gasteiger partial charge in [-0.05, 0) is 85.0 Å². The Kier molecular flexibility index (Phi) is 6.69. The fourth-order valence-corrected chi connectivity index (χ4v) is 2.84. The molecule has 5 nitrogen and oxygen atoms in total. The van der Waals surface area contributed by atoms with Gasteiger partial charge in [0, 0.05) is 41.7 Å². The highest BCUT2D eigenvalue weighted by Crippen LogP contribution is 2.18. The van der Waals surface area contributed by atoms with Crippen molar-refractivity contribution in [2.24, 2.45) is 0 Å². The number of nitrogens with one attached hydrogen (secondary N) is 2. The summed E-state index contributed by atoms with van der Waals surface area (Å²) >= 11 is 11.1. The molecule has 0 aromatic heterocycles. The van der Waals surface area contributed by atoms with Crippen LogP contribution >= 0.6 is 23.8 Å². The lowest BCUT2D eigenvalue weighted by atomic mass is 10.2. The molecule has 0 heterocycles.